The van der Waals surface area contributed by atoms with Crippen LogP contribution < -0.4 is 11.2 Å². The SMILES string of the molecule is Nc1nnnn1Cc1nonc1C(=Nc1cccc(C(F)(F)F)c1)NO. The fraction of sp³-hybridized carbons (Fsp3) is 0.167. The van der Waals surface area contributed by atoms with Crippen LogP contribution in [0.1, 0.15) is 17.0 Å². The van der Waals surface area contributed by atoms with Crippen molar-refractivity contribution < 1.29 is 23.0 Å². The van der Waals surface area contributed by atoms with E-state index in [0.29, 0.717) is 0 Å². The quantitative estimate of drug-likeness (QED) is 0.343. The first kappa shape index (κ1) is 17.3. The van der Waals surface area contributed by atoms with Crippen LogP contribution in [0.25, 0.3) is 0 Å². The first-order valence-electron chi connectivity index (χ1n) is 6.88. The van der Waals surface area contributed by atoms with Crippen molar-refractivity contribution >= 4 is 17.5 Å². The van der Waals surface area contributed by atoms with E-state index in [1.54, 1.807) is 5.48 Å². The Morgan fingerprint density at radius 3 is 2.81 bits per heavy atom. The highest BCUT2D eigenvalue weighted by molar-refractivity contribution is 5.98. The second-order valence-electron chi connectivity index (χ2n) is 4.87. The van der Waals surface area contributed by atoms with Gasteiger partial charge in [-0.15, -0.1) is 0 Å². The van der Waals surface area contributed by atoms with Gasteiger partial charge in [-0.1, -0.05) is 16.3 Å². The Morgan fingerprint density at radius 1 is 1.35 bits per heavy atom. The molecule has 26 heavy (non-hydrogen) atoms. The molecule has 0 radical (unpaired) electrons. The average Bonchev–Trinajstić information content (AvgIpc) is 3.22. The van der Waals surface area contributed by atoms with Gasteiger partial charge in [-0.05, 0) is 33.8 Å². The summed E-state index contributed by atoms with van der Waals surface area (Å²) in [7, 11) is 0. The highest BCUT2D eigenvalue weighted by Crippen LogP contribution is 2.31. The third-order valence-corrected chi connectivity index (χ3v) is 3.16. The lowest BCUT2D eigenvalue weighted by atomic mass is 10.2. The molecule has 0 atom stereocenters. The van der Waals surface area contributed by atoms with Crippen LogP contribution in [0.4, 0.5) is 24.8 Å². The summed E-state index contributed by atoms with van der Waals surface area (Å²) in [5.41, 5.74) is 6.41. The molecule has 0 spiro atoms. The zero-order valence-corrected chi connectivity index (χ0v) is 12.7. The lowest BCUT2D eigenvalue weighted by molar-refractivity contribution is -0.137. The van der Waals surface area contributed by atoms with Crippen molar-refractivity contribution in [2.24, 2.45) is 4.99 Å². The van der Waals surface area contributed by atoms with Crippen LogP contribution >= 0.6 is 0 Å². The molecule has 11 nitrogen and oxygen atoms in total. The molecule has 0 aliphatic heterocycles. The molecule has 1 aromatic carbocycles. The highest BCUT2D eigenvalue weighted by Gasteiger charge is 2.30. The van der Waals surface area contributed by atoms with Gasteiger partial charge in [0.1, 0.15) is 5.69 Å². The van der Waals surface area contributed by atoms with Gasteiger partial charge < -0.3 is 5.73 Å². The Morgan fingerprint density at radius 2 is 2.15 bits per heavy atom. The summed E-state index contributed by atoms with van der Waals surface area (Å²) in [6.45, 7) is -0.0685. The number of halogens is 3. The van der Waals surface area contributed by atoms with E-state index in [4.69, 9.17) is 5.73 Å². The zero-order chi connectivity index (χ0) is 18.7. The summed E-state index contributed by atoms with van der Waals surface area (Å²) >= 11 is 0. The van der Waals surface area contributed by atoms with Crippen LogP contribution in [0.2, 0.25) is 0 Å². The smallest absolute Gasteiger partial charge is 0.367 e. The number of aliphatic imine (C=N–C) groups is 1. The van der Waals surface area contributed by atoms with Gasteiger partial charge in [0.15, 0.2) is 11.5 Å². The number of tetrazole rings is 1. The average molecular weight is 369 g/mol. The van der Waals surface area contributed by atoms with Gasteiger partial charge in [-0.2, -0.15) is 13.2 Å². The molecule has 0 unspecified atom stereocenters. The van der Waals surface area contributed by atoms with Crippen molar-refractivity contribution in [1.29, 1.82) is 0 Å². The highest BCUT2D eigenvalue weighted by atomic mass is 19.4. The molecule has 136 valence electrons. The summed E-state index contributed by atoms with van der Waals surface area (Å²) in [4.78, 5) is 3.91. The van der Waals surface area contributed by atoms with Crippen LogP contribution in [0.3, 0.4) is 0 Å². The van der Waals surface area contributed by atoms with Gasteiger partial charge >= 0.3 is 6.18 Å². The number of nitrogens with two attached hydrogens (primary N) is 1. The lowest BCUT2D eigenvalue weighted by Gasteiger charge is -2.07. The monoisotopic (exact) mass is 369 g/mol. The molecule has 3 aromatic rings. The number of aromatic nitrogens is 6. The van der Waals surface area contributed by atoms with Crippen LogP contribution in [0.15, 0.2) is 33.9 Å². The molecule has 0 aliphatic carbocycles. The number of hydrogen-bond donors (Lipinski definition) is 3. The van der Waals surface area contributed by atoms with E-state index in [1.807, 2.05) is 0 Å². The van der Waals surface area contributed by atoms with E-state index in [-0.39, 0.29) is 35.4 Å². The van der Waals surface area contributed by atoms with Crippen LogP contribution in [-0.2, 0) is 12.7 Å². The topological polar surface area (TPSA) is 153 Å². The number of nitrogens with one attached hydrogen (secondary N) is 1. The van der Waals surface area contributed by atoms with E-state index in [1.165, 1.54) is 16.8 Å². The van der Waals surface area contributed by atoms with E-state index in [2.05, 4.69) is 35.5 Å². The summed E-state index contributed by atoms with van der Waals surface area (Å²) in [6, 6.07) is 4.21. The fourth-order valence-electron chi connectivity index (χ4n) is 1.97. The molecule has 0 fully saturated rings. The van der Waals surface area contributed by atoms with Crippen LogP contribution in [0, 0.1) is 0 Å². The van der Waals surface area contributed by atoms with Gasteiger partial charge in [0.25, 0.3) is 0 Å². The Bertz CT molecular complexity index is 934. The van der Waals surface area contributed by atoms with E-state index >= 15 is 0 Å². The summed E-state index contributed by atoms with van der Waals surface area (Å²) in [6.07, 6.45) is -4.53. The summed E-state index contributed by atoms with van der Waals surface area (Å²) in [5.74, 6) is -0.292. The van der Waals surface area contributed by atoms with Crippen molar-refractivity contribution in [2.45, 2.75) is 12.7 Å². The predicted molar refractivity (Wildman–Crippen MR) is 78.2 cm³/mol. The molecule has 4 N–H and O–H groups in total. The molecule has 14 heteroatoms. The third-order valence-electron chi connectivity index (χ3n) is 3.16. The van der Waals surface area contributed by atoms with Crippen molar-refractivity contribution in [3.05, 3.63) is 41.2 Å². The van der Waals surface area contributed by atoms with Gasteiger partial charge in [0, 0.05) is 0 Å². The lowest BCUT2D eigenvalue weighted by Crippen LogP contribution is -2.23. The van der Waals surface area contributed by atoms with Gasteiger partial charge in [0.05, 0.1) is 17.8 Å². The summed E-state index contributed by atoms with van der Waals surface area (Å²) in [5, 5.41) is 27.0. The number of alkyl halides is 3. The van der Waals surface area contributed by atoms with Crippen molar-refractivity contribution in [3.8, 4) is 0 Å². The number of hydrogen-bond acceptors (Lipinski definition) is 9. The number of amidine groups is 1. The molecule has 0 amide bonds. The van der Waals surface area contributed by atoms with Crippen molar-refractivity contribution in [2.75, 3.05) is 5.73 Å². The Kier molecular flexibility index (Phi) is 4.49. The first-order chi connectivity index (χ1) is 12.4. The molecule has 0 aliphatic rings. The second kappa shape index (κ2) is 6.75. The molecule has 0 bridgehead atoms. The van der Waals surface area contributed by atoms with E-state index < -0.39 is 11.7 Å². The molecule has 2 aromatic heterocycles. The molecule has 3 rings (SSSR count). The third kappa shape index (κ3) is 3.59. The minimum absolute atomic E-state index is 0.00715. The number of rotatable bonds is 4. The Balaban J connectivity index is 1.94. The second-order valence-corrected chi connectivity index (χ2v) is 4.87. The maximum atomic E-state index is 12.8. The number of anilines is 1. The molecular formula is C12H10F3N9O2. The normalized spacial score (nSPS) is 12.4. The zero-order valence-electron chi connectivity index (χ0n) is 12.7. The molecular weight excluding hydrogens is 359 g/mol. The first-order valence-corrected chi connectivity index (χ1v) is 6.88. The number of nitrogen functional groups attached to an aromatic ring is 1. The summed E-state index contributed by atoms with van der Waals surface area (Å²) < 4.78 is 44.1. The maximum Gasteiger partial charge on any atom is 0.416 e. The van der Waals surface area contributed by atoms with Crippen LogP contribution in [-0.4, -0.2) is 41.6 Å². The number of benzene rings is 1. The van der Waals surface area contributed by atoms with Gasteiger partial charge in [-0.25, -0.2) is 14.3 Å². The standard InChI is InChI=1S/C12H10F3N9O2/c13-12(14,15)6-2-1-3-7(4-6)17-10(19-25)9-8(20-26-21-9)5-24-11(16)18-22-23-24/h1-4,25H,5H2,(H,17,19)(H2,16,18,23). The van der Waals surface area contributed by atoms with Gasteiger partial charge in [0.2, 0.25) is 5.95 Å². The predicted octanol–water partition coefficient (Wildman–Crippen LogP) is 0.762. The molecule has 0 saturated carbocycles. The molecule has 0 saturated heterocycles. The minimum atomic E-state index is -4.53. The molecule has 2 heterocycles. The number of nitrogens with zero attached hydrogens (tertiary/aromatic N) is 7. The van der Waals surface area contributed by atoms with Crippen molar-refractivity contribution in [3.63, 3.8) is 0 Å². The fourth-order valence-corrected chi connectivity index (χ4v) is 1.97. The van der Waals surface area contributed by atoms with Gasteiger partial charge in [-0.3, -0.25) is 10.7 Å². The Labute approximate surface area is 142 Å². The van der Waals surface area contributed by atoms with Crippen molar-refractivity contribution in [1.82, 2.24) is 36.0 Å². The van der Waals surface area contributed by atoms with Crippen LogP contribution in [0.5, 0.6) is 0 Å². The van der Waals surface area contributed by atoms with E-state index in [0.717, 1.165) is 12.1 Å². The van der Waals surface area contributed by atoms with E-state index in [9.17, 15) is 18.4 Å². The number of hydroxylamine groups is 1. The Hall–Kier alpha value is -3.55. The minimum Gasteiger partial charge on any atom is -0.367 e. The largest absolute Gasteiger partial charge is 0.416 e. The maximum absolute atomic E-state index is 12.8.